The summed E-state index contributed by atoms with van der Waals surface area (Å²) in [5.74, 6) is 0. The number of carbonyl (C=O) groups excluding carboxylic acids is 2. The van der Waals surface area contributed by atoms with E-state index in [1.165, 1.54) is 0 Å². The van der Waals surface area contributed by atoms with Crippen LogP contribution >= 0.6 is 35.0 Å². The molecule has 0 spiro atoms. The standard InChI is InChI=1S/C6H4Cl2O2S/c7-5(9)3-1-2-4(11-3)6(8)10/h1,4H,2H2. The molecule has 1 aliphatic heterocycles. The van der Waals surface area contributed by atoms with Gasteiger partial charge in [0.25, 0.3) is 5.24 Å². The molecule has 0 radical (unpaired) electrons. The first kappa shape index (κ1) is 9.10. The van der Waals surface area contributed by atoms with E-state index in [0.29, 0.717) is 11.3 Å². The minimum absolute atomic E-state index is 0.325. The third kappa shape index (κ3) is 2.22. The first-order valence-electron chi connectivity index (χ1n) is 2.87. The van der Waals surface area contributed by atoms with Gasteiger partial charge in [-0.05, 0) is 29.6 Å². The fourth-order valence-electron chi connectivity index (χ4n) is 0.729. The molecule has 0 N–H and O–H groups in total. The Morgan fingerprint density at radius 3 is 2.45 bits per heavy atom. The van der Waals surface area contributed by atoms with Gasteiger partial charge in [-0.1, -0.05) is 6.08 Å². The molecule has 0 aromatic rings. The molecule has 2 nitrogen and oxygen atoms in total. The number of thioether (sulfide) groups is 1. The summed E-state index contributed by atoms with van der Waals surface area (Å²) in [5, 5.41) is -1.27. The van der Waals surface area contributed by atoms with Crippen molar-refractivity contribution in [2.24, 2.45) is 0 Å². The highest BCUT2D eigenvalue weighted by Gasteiger charge is 2.25. The molecule has 0 bridgehead atoms. The largest absolute Gasteiger partial charge is 0.280 e. The van der Waals surface area contributed by atoms with Gasteiger partial charge < -0.3 is 0 Å². The first-order valence-corrected chi connectivity index (χ1v) is 4.51. The lowest BCUT2D eigenvalue weighted by Crippen LogP contribution is -2.06. The summed E-state index contributed by atoms with van der Waals surface area (Å²) in [6.45, 7) is 0. The van der Waals surface area contributed by atoms with E-state index in [-0.39, 0.29) is 5.25 Å². The van der Waals surface area contributed by atoms with Crippen molar-refractivity contribution in [3.8, 4) is 0 Å². The van der Waals surface area contributed by atoms with Crippen molar-refractivity contribution in [3.05, 3.63) is 11.0 Å². The van der Waals surface area contributed by atoms with Gasteiger partial charge in [0, 0.05) is 0 Å². The second-order valence-corrected chi connectivity index (χ2v) is 3.95. The Morgan fingerprint density at radius 2 is 2.18 bits per heavy atom. The van der Waals surface area contributed by atoms with Crippen LogP contribution in [-0.4, -0.2) is 15.7 Å². The SMILES string of the molecule is O=C(Cl)C1=CCC(C(=O)Cl)S1. The molecule has 0 saturated heterocycles. The molecule has 0 aliphatic carbocycles. The monoisotopic (exact) mass is 210 g/mol. The van der Waals surface area contributed by atoms with Crippen molar-refractivity contribution in [1.29, 1.82) is 0 Å². The molecule has 60 valence electrons. The second-order valence-electron chi connectivity index (χ2n) is 1.99. The minimum atomic E-state index is -0.518. The molecule has 1 rings (SSSR count). The number of allylic oxidation sites excluding steroid dienone is 2. The molecule has 1 unspecified atom stereocenters. The Labute approximate surface area is 77.9 Å². The van der Waals surface area contributed by atoms with Crippen molar-refractivity contribution in [1.82, 2.24) is 0 Å². The first-order chi connectivity index (χ1) is 5.11. The van der Waals surface area contributed by atoms with Gasteiger partial charge in [-0.3, -0.25) is 9.59 Å². The van der Waals surface area contributed by atoms with Gasteiger partial charge >= 0.3 is 0 Å². The third-order valence-electron chi connectivity index (χ3n) is 1.23. The average molecular weight is 211 g/mol. The zero-order chi connectivity index (χ0) is 8.43. The molecular formula is C6H4Cl2O2S. The maximum Gasteiger partial charge on any atom is 0.258 e. The van der Waals surface area contributed by atoms with Crippen molar-refractivity contribution in [2.75, 3.05) is 0 Å². The number of halogens is 2. The van der Waals surface area contributed by atoms with E-state index in [9.17, 15) is 9.59 Å². The van der Waals surface area contributed by atoms with Crippen molar-refractivity contribution < 1.29 is 9.59 Å². The van der Waals surface area contributed by atoms with Crippen LogP contribution in [0.25, 0.3) is 0 Å². The van der Waals surface area contributed by atoms with E-state index >= 15 is 0 Å². The van der Waals surface area contributed by atoms with Crippen LogP contribution in [0.4, 0.5) is 0 Å². The van der Waals surface area contributed by atoms with Crippen LogP contribution in [0.15, 0.2) is 11.0 Å². The molecule has 0 saturated carbocycles. The van der Waals surface area contributed by atoms with Crippen LogP contribution in [0.3, 0.4) is 0 Å². The fraction of sp³-hybridized carbons (Fsp3) is 0.333. The smallest absolute Gasteiger partial charge is 0.258 e. The lowest BCUT2D eigenvalue weighted by atomic mass is 10.3. The molecule has 11 heavy (non-hydrogen) atoms. The molecule has 0 aromatic carbocycles. The Hall–Kier alpha value is 0.01000. The van der Waals surface area contributed by atoms with E-state index in [1.54, 1.807) is 6.08 Å². The second kappa shape index (κ2) is 3.61. The lowest BCUT2D eigenvalue weighted by molar-refractivity contribution is -0.111. The van der Waals surface area contributed by atoms with Crippen LogP contribution in [-0.2, 0) is 9.59 Å². The summed E-state index contributed by atoms with van der Waals surface area (Å²) in [6, 6.07) is 0. The fourth-order valence-corrected chi connectivity index (χ4v) is 2.04. The molecule has 5 heteroatoms. The summed E-state index contributed by atoms with van der Waals surface area (Å²) in [7, 11) is 0. The van der Waals surface area contributed by atoms with Gasteiger partial charge in [-0.2, -0.15) is 0 Å². The summed E-state index contributed by atoms with van der Waals surface area (Å²) >= 11 is 11.5. The third-order valence-corrected chi connectivity index (χ3v) is 3.24. The van der Waals surface area contributed by atoms with Crippen LogP contribution in [0.2, 0.25) is 0 Å². The summed E-state index contributed by atoms with van der Waals surface area (Å²) in [4.78, 5) is 21.5. The van der Waals surface area contributed by atoms with E-state index in [0.717, 1.165) is 11.8 Å². The highest BCUT2D eigenvalue weighted by molar-refractivity contribution is 8.05. The van der Waals surface area contributed by atoms with Crippen LogP contribution in [0.5, 0.6) is 0 Å². The van der Waals surface area contributed by atoms with Gasteiger partial charge in [0.2, 0.25) is 5.24 Å². The molecule has 0 amide bonds. The van der Waals surface area contributed by atoms with Gasteiger partial charge in [-0.25, -0.2) is 0 Å². The molecular weight excluding hydrogens is 207 g/mol. The summed E-state index contributed by atoms with van der Waals surface area (Å²) in [5.41, 5.74) is 0. The summed E-state index contributed by atoms with van der Waals surface area (Å²) in [6.07, 6.45) is 2.13. The molecule has 1 aliphatic rings. The normalized spacial score (nSPS) is 23.1. The lowest BCUT2D eigenvalue weighted by Gasteiger charge is -1.99. The zero-order valence-electron chi connectivity index (χ0n) is 5.34. The van der Waals surface area contributed by atoms with Gasteiger partial charge in [0.1, 0.15) is 0 Å². The van der Waals surface area contributed by atoms with Gasteiger partial charge in [0.15, 0.2) is 0 Å². The quantitative estimate of drug-likeness (QED) is 0.654. The Morgan fingerprint density at radius 1 is 1.55 bits per heavy atom. The van der Waals surface area contributed by atoms with Gasteiger partial charge in [0.05, 0.1) is 10.2 Å². The van der Waals surface area contributed by atoms with E-state index in [4.69, 9.17) is 23.2 Å². The highest BCUT2D eigenvalue weighted by atomic mass is 35.5. The minimum Gasteiger partial charge on any atom is -0.280 e. The Kier molecular flexibility index (Phi) is 2.98. The topological polar surface area (TPSA) is 34.1 Å². The van der Waals surface area contributed by atoms with Crippen molar-refractivity contribution in [2.45, 2.75) is 11.7 Å². The zero-order valence-corrected chi connectivity index (χ0v) is 7.67. The molecule has 1 heterocycles. The van der Waals surface area contributed by atoms with Crippen molar-refractivity contribution in [3.63, 3.8) is 0 Å². The predicted molar refractivity (Wildman–Crippen MR) is 45.8 cm³/mol. The van der Waals surface area contributed by atoms with Crippen molar-refractivity contribution >= 4 is 45.4 Å². The maximum atomic E-state index is 10.6. The number of hydrogen-bond donors (Lipinski definition) is 0. The van der Waals surface area contributed by atoms with E-state index in [2.05, 4.69) is 0 Å². The van der Waals surface area contributed by atoms with Crippen LogP contribution in [0, 0.1) is 0 Å². The van der Waals surface area contributed by atoms with Gasteiger partial charge in [-0.15, -0.1) is 11.8 Å². The predicted octanol–water partition coefficient (Wildman–Crippen LogP) is 1.91. The highest BCUT2D eigenvalue weighted by Crippen LogP contribution is 2.34. The molecule has 0 aromatic heterocycles. The summed E-state index contributed by atoms with van der Waals surface area (Å²) < 4.78 is 0. The maximum absolute atomic E-state index is 10.6. The number of rotatable bonds is 2. The van der Waals surface area contributed by atoms with Crippen LogP contribution < -0.4 is 0 Å². The number of carbonyl (C=O) groups is 2. The Bertz CT molecular complexity index is 237. The Balaban J connectivity index is 2.56. The van der Waals surface area contributed by atoms with E-state index in [1.807, 2.05) is 0 Å². The molecule has 1 atom stereocenters. The molecule has 0 fully saturated rings. The van der Waals surface area contributed by atoms with Crippen LogP contribution in [0.1, 0.15) is 6.42 Å². The van der Waals surface area contributed by atoms with E-state index < -0.39 is 10.5 Å². The number of hydrogen-bond acceptors (Lipinski definition) is 3. The average Bonchev–Trinajstić information content (AvgIpc) is 2.33.